The predicted molar refractivity (Wildman–Crippen MR) is 145 cm³/mol. The summed E-state index contributed by atoms with van der Waals surface area (Å²) >= 11 is 12.4. The number of piperidine rings is 1. The number of likely N-dealkylation sites (tertiary alicyclic amines) is 1. The average molecular weight is 559 g/mol. The van der Waals surface area contributed by atoms with Crippen molar-refractivity contribution in [3.8, 4) is 0 Å². The molecule has 2 fully saturated rings. The van der Waals surface area contributed by atoms with E-state index in [1.54, 1.807) is 25.1 Å². The van der Waals surface area contributed by atoms with E-state index < -0.39 is 10.0 Å². The Morgan fingerprint density at radius 2 is 1.86 bits per heavy atom. The molecule has 0 amide bonds. The Bertz CT molecular complexity index is 1160. The van der Waals surface area contributed by atoms with Crippen molar-refractivity contribution in [3.63, 3.8) is 0 Å². The first-order valence-electron chi connectivity index (χ1n) is 12.5. The van der Waals surface area contributed by atoms with Gasteiger partial charge in [-0.05, 0) is 57.5 Å². The Balaban J connectivity index is 1.34. The van der Waals surface area contributed by atoms with Gasteiger partial charge in [-0.1, -0.05) is 36.2 Å². The van der Waals surface area contributed by atoms with Crippen molar-refractivity contribution in [2.45, 2.75) is 51.7 Å². The fraction of sp³-hybridized carbons (Fsp3) is 0.560. The summed E-state index contributed by atoms with van der Waals surface area (Å²) in [5.74, 6) is 0.438. The van der Waals surface area contributed by atoms with Gasteiger partial charge in [-0.25, -0.2) is 17.8 Å². The number of halogens is 3. The number of aromatic nitrogens is 1. The third-order valence-electron chi connectivity index (χ3n) is 7.21. The van der Waals surface area contributed by atoms with Gasteiger partial charge < -0.3 is 4.90 Å². The minimum atomic E-state index is -3.38. The molecule has 4 rings (SSSR count). The third-order valence-corrected chi connectivity index (χ3v) is 9.03. The highest BCUT2D eigenvalue weighted by Crippen LogP contribution is 2.31. The maximum atomic E-state index is 14.2. The first-order chi connectivity index (χ1) is 17.2. The van der Waals surface area contributed by atoms with Gasteiger partial charge in [0.1, 0.15) is 11.6 Å². The molecule has 1 aromatic carbocycles. The number of benzene rings is 1. The molecule has 0 radical (unpaired) electrons. The number of pyridine rings is 1. The van der Waals surface area contributed by atoms with Gasteiger partial charge in [0.15, 0.2) is 0 Å². The summed E-state index contributed by atoms with van der Waals surface area (Å²) < 4.78 is 40.4. The zero-order valence-corrected chi connectivity index (χ0v) is 23.1. The zero-order chi connectivity index (χ0) is 25.9. The van der Waals surface area contributed by atoms with E-state index in [1.807, 2.05) is 0 Å². The van der Waals surface area contributed by atoms with Crippen molar-refractivity contribution in [1.29, 1.82) is 0 Å². The van der Waals surface area contributed by atoms with Crippen molar-refractivity contribution >= 4 is 44.7 Å². The summed E-state index contributed by atoms with van der Waals surface area (Å²) in [6, 6.07) is 7.41. The summed E-state index contributed by atoms with van der Waals surface area (Å²) in [6.45, 7) is 8.81. The number of hydrogen-bond acceptors (Lipinski definition) is 6. The van der Waals surface area contributed by atoms with Crippen molar-refractivity contribution in [1.82, 2.24) is 14.8 Å². The van der Waals surface area contributed by atoms with E-state index in [0.29, 0.717) is 45.7 Å². The Kier molecular flexibility index (Phi) is 8.99. The summed E-state index contributed by atoms with van der Waals surface area (Å²) in [5, 5.41) is 0.866. The number of anilines is 2. The van der Waals surface area contributed by atoms with Crippen LogP contribution in [0.25, 0.3) is 0 Å². The van der Waals surface area contributed by atoms with Gasteiger partial charge in [0.2, 0.25) is 10.0 Å². The highest BCUT2D eigenvalue weighted by molar-refractivity contribution is 7.92. The predicted octanol–water partition coefficient (Wildman–Crippen LogP) is 4.85. The minimum Gasteiger partial charge on any atom is -0.353 e. The summed E-state index contributed by atoms with van der Waals surface area (Å²) in [7, 11) is -3.38. The van der Waals surface area contributed by atoms with Crippen LogP contribution in [0.3, 0.4) is 0 Å². The van der Waals surface area contributed by atoms with Crippen molar-refractivity contribution in [3.05, 3.63) is 51.9 Å². The summed E-state index contributed by atoms with van der Waals surface area (Å²) in [4.78, 5) is 11.6. The van der Waals surface area contributed by atoms with Gasteiger partial charge in [0.05, 0.1) is 22.7 Å². The van der Waals surface area contributed by atoms with Crippen LogP contribution in [0.2, 0.25) is 10.0 Å². The topological polar surface area (TPSA) is 68.8 Å². The SMILES string of the molecule is CC[C@H]1CN(c2ncc(NS(=O)(=O)CC)cc2Cl)CCN1C1CCN(Cc2ccc(Cl)cc2F)CC1. The lowest BCUT2D eigenvalue weighted by Gasteiger charge is -2.47. The lowest BCUT2D eigenvalue weighted by molar-refractivity contribution is 0.0607. The molecule has 1 atom stereocenters. The van der Waals surface area contributed by atoms with E-state index in [-0.39, 0.29) is 11.6 Å². The molecule has 1 aromatic heterocycles. The van der Waals surface area contributed by atoms with Crippen molar-refractivity contribution in [2.75, 3.05) is 48.1 Å². The molecule has 1 N–H and O–H groups in total. The van der Waals surface area contributed by atoms with Crippen LogP contribution < -0.4 is 9.62 Å². The first kappa shape index (κ1) is 27.4. The number of sulfonamides is 1. The fourth-order valence-corrected chi connectivity index (χ4v) is 6.24. The molecule has 11 heteroatoms. The molecule has 0 spiro atoms. The van der Waals surface area contributed by atoms with Crippen molar-refractivity contribution < 1.29 is 12.8 Å². The van der Waals surface area contributed by atoms with E-state index in [9.17, 15) is 12.8 Å². The van der Waals surface area contributed by atoms with Crippen LogP contribution in [0.15, 0.2) is 30.5 Å². The molecule has 0 aliphatic carbocycles. The number of nitrogens with zero attached hydrogens (tertiary/aromatic N) is 4. The second kappa shape index (κ2) is 11.8. The molecule has 2 saturated heterocycles. The van der Waals surface area contributed by atoms with Crippen LogP contribution in [-0.2, 0) is 16.6 Å². The molecule has 198 valence electrons. The Morgan fingerprint density at radius 3 is 2.50 bits per heavy atom. The van der Waals surface area contributed by atoms with Gasteiger partial charge in [-0.15, -0.1) is 0 Å². The van der Waals surface area contributed by atoms with E-state index >= 15 is 0 Å². The number of piperazine rings is 1. The Morgan fingerprint density at radius 1 is 1.11 bits per heavy atom. The van der Waals surface area contributed by atoms with Gasteiger partial charge in [0.25, 0.3) is 0 Å². The number of rotatable bonds is 8. The minimum absolute atomic E-state index is 0.0105. The lowest BCUT2D eigenvalue weighted by atomic mass is 9.97. The first-order valence-corrected chi connectivity index (χ1v) is 14.9. The molecule has 36 heavy (non-hydrogen) atoms. The van der Waals surface area contributed by atoms with E-state index in [0.717, 1.165) is 52.0 Å². The van der Waals surface area contributed by atoms with E-state index in [1.165, 1.54) is 12.3 Å². The maximum absolute atomic E-state index is 14.2. The smallest absolute Gasteiger partial charge is 0.232 e. The molecule has 7 nitrogen and oxygen atoms in total. The Hall–Kier alpha value is -1.65. The monoisotopic (exact) mass is 557 g/mol. The zero-order valence-electron chi connectivity index (χ0n) is 20.8. The van der Waals surface area contributed by atoms with Gasteiger partial charge in [-0.2, -0.15) is 0 Å². The number of nitrogens with one attached hydrogen (secondary N) is 1. The normalized spacial score (nSPS) is 20.6. The molecular weight excluding hydrogens is 524 g/mol. The lowest BCUT2D eigenvalue weighted by Crippen LogP contribution is -2.58. The van der Waals surface area contributed by atoms with Gasteiger partial charge >= 0.3 is 0 Å². The molecule has 2 aromatic rings. The van der Waals surface area contributed by atoms with Crippen LogP contribution in [0.5, 0.6) is 0 Å². The van der Waals surface area contributed by atoms with Crippen LogP contribution in [0.4, 0.5) is 15.9 Å². The van der Waals surface area contributed by atoms with Crippen LogP contribution in [0.1, 0.15) is 38.7 Å². The molecule has 3 heterocycles. The van der Waals surface area contributed by atoms with E-state index in [4.69, 9.17) is 23.2 Å². The number of hydrogen-bond donors (Lipinski definition) is 1. The molecule has 0 saturated carbocycles. The molecule has 0 unspecified atom stereocenters. The fourth-order valence-electron chi connectivity index (χ4n) is 5.18. The summed E-state index contributed by atoms with van der Waals surface area (Å²) in [6.07, 6.45) is 4.65. The maximum Gasteiger partial charge on any atom is 0.232 e. The second-order valence-corrected chi connectivity index (χ2v) is 12.4. The van der Waals surface area contributed by atoms with Crippen LogP contribution in [0, 0.1) is 5.82 Å². The third kappa shape index (κ3) is 6.61. The molecular formula is C25H34Cl2FN5O2S. The standard InChI is InChI=1S/C25H34Cl2FN5O2S/c1-3-21-17-32(25-23(27)14-20(15-29-25)30-36(34,35)4-2)11-12-33(21)22-7-9-31(10-8-22)16-18-5-6-19(26)13-24(18)28/h5-6,13-15,21-22,30H,3-4,7-12,16-17H2,1-2H3/t21-/m0/s1. The molecule has 2 aliphatic rings. The summed E-state index contributed by atoms with van der Waals surface area (Å²) in [5.41, 5.74) is 1.07. The highest BCUT2D eigenvalue weighted by Gasteiger charge is 2.34. The second-order valence-electron chi connectivity index (χ2n) is 9.52. The largest absolute Gasteiger partial charge is 0.353 e. The van der Waals surface area contributed by atoms with Crippen LogP contribution >= 0.6 is 23.2 Å². The van der Waals surface area contributed by atoms with E-state index in [2.05, 4.69) is 31.3 Å². The Labute approximate surface area is 223 Å². The van der Waals surface area contributed by atoms with Gasteiger partial charge in [-0.3, -0.25) is 14.5 Å². The highest BCUT2D eigenvalue weighted by atomic mass is 35.5. The quantitative estimate of drug-likeness (QED) is 0.500. The molecule has 0 bridgehead atoms. The average Bonchev–Trinajstić information content (AvgIpc) is 2.86. The van der Waals surface area contributed by atoms with Crippen molar-refractivity contribution in [2.24, 2.45) is 0 Å². The van der Waals surface area contributed by atoms with Crippen LogP contribution in [-0.4, -0.2) is 73.8 Å². The van der Waals surface area contributed by atoms with Gasteiger partial charge in [0, 0.05) is 48.8 Å². The molecule has 2 aliphatic heterocycles.